The first-order chi connectivity index (χ1) is 9.31. The van der Waals surface area contributed by atoms with E-state index in [1.54, 1.807) is 7.11 Å². The predicted octanol–water partition coefficient (Wildman–Crippen LogP) is 4.96. The molecule has 0 amide bonds. The summed E-state index contributed by atoms with van der Waals surface area (Å²) in [6, 6.07) is 0. The number of hydrogen-bond acceptors (Lipinski definition) is 2. The van der Waals surface area contributed by atoms with Gasteiger partial charge in [0.2, 0.25) is 0 Å². The third-order valence-corrected chi connectivity index (χ3v) is 4.49. The lowest BCUT2D eigenvalue weighted by Crippen LogP contribution is -2.35. The van der Waals surface area contributed by atoms with Gasteiger partial charge >= 0.3 is 0 Å². The highest BCUT2D eigenvalue weighted by molar-refractivity contribution is 4.77. The van der Waals surface area contributed by atoms with Gasteiger partial charge in [0.1, 0.15) is 0 Å². The molecule has 0 saturated carbocycles. The molecule has 2 heteroatoms. The maximum absolute atomic E-state index is 6.07. The summed E-state index contributed by atoms with van der Waals surface area (Å²) in [6.07, 6.45) is 14.1. The quantitative estimate of drug-likeness (QED) is 0.522. The Kier molecular flexibility index (Phi) is 9.54. The SMILES string of the molecule is CCCCCCC(CCCC)C1CCC(OC)CO1. The molecule has 2 nitrogen and oxygen atoms in total. The van der Waals surface area contributed by atoms with Gasteiger partial charge in [-0.2, -0.15) is 0 Å². The van der Waals surface area contributed by atoms with Crippen LogP contribution in [0.1, 0.15) is 78.1 Å². The topological polar surface area (TPSA) is 18.5 Å². The average molecular weight is 270 g/mol. The van der Waals surface area contributed by atoms with Gasteiger partial charge < -0.3 is 9.47 Å². The van der Waals surface area contributed by atoms with Crippen molar-refractivity contribution in [3.05, 3.63) is 0 Å². The fourth-order valence-corrected chi connectivity index (χ4v) is 3.12. The first-order valence-corrected chi connectivity index (χ1v) is 8.46. The maximum atomic E-state index is 6.07. The fraction of sp³-hybridized carbons (Fsp3) is 1.00. The standard InChI is InChI=1S/C17H34O2/c1-4-6-8-9-11-15(10-7-5-2)17-13-12-16(18-3)14-19-17/h15-17H,4-14H2,1-3H3. The van der Waals surface area contributed by atoms with Crippen molar-refractivity contribution in [1.29, 1.82) is 0 Å². The van der Waals surface area contributed by atoms with E-state index in [1.165, 1.54) is 64.2 Å². The molecule has 114 valence electrons. The fourth-order valence-electron chi connectivity index (χ4n) is 3.12. The van der Waals surface area contributed by atoms with Gasteiger partial charge in [0.05, 0.1) is 18.8 Å². The zero-order chi connectivity index (χ0) is 13.9. The molecule has 19 heavy (non-hydrogen) atoms. The number of hydrogen-bond donors (Lipinski definition) is 0. The molecule has 1 fully saturated rings. The molecule has 1 saturated heterocycles. The minimum atomic E-state index is 0.336. The van der Waals surface area contributed by atoms with Crippen LogP contribution in [0.2, 0.25) is 0 Å². The molecule has 0 aromatic carbocycles. The number of unbranched alkanes of at least 4 members (excludes halogenated alkanes) is 4. The molecule has 0 radical (unpaired) electrons. The van der Waals surface area contributed by atoms with Gasteiger partial charge in [0.25, 0.3) is 0 Å². The summed E-state index contributed by atoms with van der Waals surface area (Å²) >= 11 is 0. The highest BCUT2D eigenvalue weighted by Gasteiger charge is 2.27. The van der Waals surface area contributed by atoms with Crippen molar-refractivity contribution in [1.82, 2.24) is 0 Å². The molecule has 0 aliphatic carbocycles. The van der Waals surface area contributed by atoms with Gasteiger partial charge in [-0.25, -0.2) is 0 Å². The van der Waals surface area contributed by atoms with E-state index < -0.39 is 0 Å². The Balaban J connectivity index is 2.31. The second-order valence-corrected chi connectivity index (χ2v) is 6.06. The van der Waals surface area contributed by atoms with Crippen LogP contribution < -0.4 is 0 Å². The summed E-state index contributed by atoms with van der Waals surface area (Å²) in [5, 5.41) is 0. The summed E-state index contributed by atoms with van der Waals surface area (Å²) in [5.41, 5.74) is 0. The summed E-state index contributed by atoms with van der Waals surface area (Å²) < 4.78 is 11.5. The first-order valence-electron chi connectivity index (χ1n) is 8.46. The van der Waals surface area contributed by atoms with Crippen molar-refractivity contribution < 1.29 is 9.47 Å². The van der Waals surface area contributed by atoms with Crippen molar-refractivity contribution in [2.45, 2.75) is 90.3 Å². The highest BCUT2D eigenvalue weighted by atomic mass is 16.5. The van der Waals surface area contributed by atoms with Crippen LogP contribution >= 0.6 is 0 Å². The highest BCUT2D eigenvalue weighted by Crippen LogP contribution is 2.29. The van der Waals surface area contributed by atoms with Crippen LogP contribution in [0.15, 0.2) is 0 Å². The zero-order valence-electron chi connectivity index (χ0n) is 13.3. The van der Waals surface area contributed by atoms with Gasteiger partial charge in [-0.3, -0.25) is 0 Å². The molecule has 1 aliphatic heterocycles. The molecule has 3 atom stereocenters. The van der Waals surface area contributed by atoms with Crippen molar-refractivity contribution in [2.75, 3.05) is 13.7 Å². The molecule has 0 aromatic heterocycles. The Morgan fingerprint density at radius 2 is 1.74 bits per heavy atom. The number of ether oxygens (including phenoxy) is 2. The van der Waals surface area contributed by atoms with E-state index in [0.29, 0.717) is 12.2 Å². The Morgan fingerprint density at radius 3 is 2.32 bits per heavy atom. The van der Waals surface area contributed by atoms with Crippen LogP contribution in [-0.4, -0.2) is 25.9 Å². The average Bonchev–Trinajstić information content (AvgIpc) is 2.47. The van der Waals surface area contributed by atoms with Crippen LogP contribution in [0, 0.1) is 5.92 Å². The normalized spacial score (nSPS) is 25.4. The van der Waals surface area contributed by atoms with Crippen LogP contribution in [0.4, 0.5) is 0 Å². The maximum Gasteiger partial charge on any atom is 0.0805 e. The van der Waals surface area contributed by atoms with E-state index in [2.05, 4.69) is 13.8 Å². The zero-order valence-corrected chi connectivity index (χ0v) is 13.3. The van der Waals surface area contributed by atoms with Crippen molar-refractivity contribution in [3.8, 4) is 0 Å². The molecule has 0 spiro atoms. The van der Waals surface area contributed by atoms with Gasteiger partial charge in [-0.15, -0.1) is 0 Å². The Bertz CT molecular complexity index is 197. The van der Waals surface area contributed by atoms with Crippen LogP contribution in [-0.2, 0) is 9.47 Å². The van der Waals surface area contributed by atoms with E-state index >= 15 is 0 Å². The lowest BCUT2D eigenvalue weighted by Gasteiger charge is -2.34. The monoisotopic (exact) mass is 270 g/mol. The summed E-state index contributed by atoms with van der Waals surface area (Å²) in [4.78, 5) is 0. The summed E-state index contributed by atoms with van der Waals surface area (Å²) in [5.74, 6) is 0.787. The van der Waals surface area contributed by atoms with E-state index in [9.17, 15) is 0 Å². The lowest BCUT2D eigenvalue weighted by molar-refractivity contribution is -0.0935. The summed E-state index contributed by atoms with van der Waals surface area (Å²) in [6.45, 7) is 5.37. The van der Waals surface area contributed by atoms with Crippen molar-refractivity contribution >= 4 is 0 Å². The van der Waals surface area contributed by atoms with Gasteiger partial charge in [-0.05, 0) is 31.6 Å². The minimum absolute atomic E-state index is 0.336. The third kappa shape index (κ3) is 6.76. The third-order valence-electron chi connectivity index (χ3n) is 4.49. The second-order valence-electron chi connectivity index (χ2n) is 6.06. The molecule has 1 aliphatic rings. The summed E-state index contributed by atoms with van der Waals surface area (Å²) in [7, 11) is 1.80. The van der Waals surface area contributed by atoms with Crippen molar-refractivity contribution in [2.24, 2.45) is 5.92 Å². The van der Waals surface area contributed by atoms with Crippen LogP contribution in [0.25, 0.3) is 0 Å². The second kappa shape index (κ2) is 10.7. The Morgan fingerprint density at radius 1 is 1.00 bits per heavy atom. The van der Waals surface area contributed by atoms with Crippen LogP contribution in [0.3, 0.4) is 0 Å². The van der Waals surface area contributed by atoms with E-state index in [4.69, 9.17) is 9.47 Å². The predicted molar refractivity (Wildman–Crippen MR) is 81.5 cm³/mol. The Labute approximate surface area is 120 Å². The molecule has 1 rings (SSSR count). The van der Waals surface area contributed by atoms with Gasteiger partial charge in [0, 0.05) is 7.11 Å². The molecule has 0 aromatic rings. The molecule has 0 N–H and O–H groups in total. The molecule has 0 bridgehead atoms. The first kappa shape index (κ1) is 17.0. The van der Waals surface area contributed by atoms with Gasteiger partial charge in [-0.1, -0.05) is 52.4 Å². The van der Waals surface area contributed by atoms with Crippen molar-refractivity contribution in [3.63, 3.8) is 0 Å². The van der Waals surface area contributed by atoms with E-state index in [1.807, 2.05) is 0 Å². The van der Waals surface area contributed by atoms with Crippen LogP contribution in [0.5, 0.6) is 0 Å². The van der Waals surface area contributed by atoms with E-state index in [-0.39, 0.29) is 0 Å². The van der Waals surface area contributed by atoms with E-state index in [0.717, 1.165) is 12.5 Å². The largest absolute Gasteiger partial charge is 0.379 e. The Hall–Kier alpha value is -0.0800. The number of rotatable bonds is 10. The molecule has 3 unspecified atom stereocenters. The minimum Gasteiger partial charge on any atom is -0.379 e. The molecular weight excluding hydrogens is 236 g/mol. The smallest absolute Gasteiger partial charge is 0.0805 e. The van der Waals surface area contributed by atoms with Gasteiger partial charge in [0.15, 0.2) is 0 Å². The molecular formula is C17H34O2. The molecule has 1 heterocycles. The number of methoxy groups -OCH3 is 1. The lowest BCUT2D eigenvalue weighted by atomic mass is 9.86.